The van der Waals surface area contributed by atoms with Gasteiger partial charge in [0, 0.05) is 25.2 Å². The summed E-state index contributed by atoms with van der Waals surface area (Å²) in [5, 5.41) is 3.21. The van der Waals surface area contributed by atoms with Gasteiger partial charge < -0.3 is 10.2 Å². The fourth-order valence-electron chi connectivity index (χ4n) is 2.49. The Balaban J connectivity index is 2.23. The molecule has 94 valence electrons. The average molecular weight is 240 g/mol. The number of rotatable bonds is 2. The lowest BCUT2D eigenvalue weighted by Crippen LogP contribution is -2.48. The fourth-order valence-corrected chi connectivity index (χ4v) is 2.49. The second-order valence-corrected chi connectivity index (χ2v) is 4.83. The van der Waals surface area contributed by atoms with E-state index in [1.54, 1.807) is 0 Å². The molecule has 1 N–H and O–H groups in total. The maximum Gasteiger partial charge on any atom is 0.146 e. The Morgan fingerprint density at radius 3 is 2.76 bits per heavy atom. The zero-order valence-corrected chi connectivity index (χ0v) is 10.2. The minimum absolute atomic E-state index is 0.335. The molecule has 4 heteroatoms. The van der Waals surface area contributed by atoms with Gasteiger partial charge in [0.1, 0.15) is 11.6 Å². The number of nitrogens with zero attached hydrogens (tertiary/aromatic N) is 1. The molecule has 1 fully saturated rings. The normalized spacial score (nSPS) is 25.1. The van der Waals surface area contributed by atoms with Crippen molar-refractivity contribution >= 4 is 5.69 Å². The van der Waals surface area contributed by atoms with Crippen molar-refractivity contribution in [2.75, 3.05) is 25.0 Å². The lowest BCUT2D eigenvalue weighted by atomic mass is 9.95. The Labute approximate surface area is 101 Å². The van der Waals surface area contributed by atoms with Crippen molar-refractivity contribution in [3.63, 3.8) is 0 Å². The zero-order valence-electron chi connectivity index (χ0n) is 10.2. The summed E-state index contributed by atoms with van der Waals surface area (Å²) in [6, 6.07) is 3.96. The Kier molecular flexibility index (Phi) is 3.62. The minimum Gasteiger partial charge on any atom is -0.367 e. The molecule has 0 amide bonds. The summed E-state index contributed by atoms with van der Waals surface area (Å²) >= 11 is 0. The minimum atomic E-state index is -0.388. The van der Waals surface area contributed by atoms with Crippen LogP contribution >= 0.6 is 0 Å². The molecule has 1 aliphatic heterocycles. The van der Waals surface area contributed by atoms with Crippen LogP contribution in [0.4, 0.5) is 14.5 Å². The van der Waals surface area contributed by atoms with Crippen molar-refractivity contribution < 1.29 is 8.78 Å². The van der Waals surface area contributed by atoms with E-state index in [0.717, 1.165) is 25.6 Å². The summed E-state index contributed by atoms with van der Waals surface area (Å²) in [5.41, 5.74) is 0.372. The van der Waals surface area contributed by atoms with Gasteiger partial charge in [-0.3, -0.25) is 0 Å². The lowest BCUT2D eigenvalue weighted by molar-refractivity contribution is 0.364. The van der Waals surface area contributed by atoms with Crippen LogP contribution in [-0.2, 0) is 0 Å². The van der Waals surface area contributed by atoms with E-state index in [9.17, 15) is 8.78 Å². The number of nitrogens with one attached hydrogen (secondary N) is 1. The summed E-state index contributed by atoms with van der Waals surface area (Å²) in [5.74, 6) is -0.264. The highest BCUT2D eigenvalue weighted by atomic mass is 19.1. The molecule has 2 atom stereocenters. The Hall–Kier alpha value is -1.16. The molecule has 0 aromatic heterocycles. The maximum atomic E-state index is 13.7. The third-order valence-corrected chi connectivity index (χ3v) is 3.32. The Bertz CT molecular complexity index is 395. The van der Waals surface area contributed by atoms with Gasteiger partial charge >= 0.3 is 0 Å². The predicted octanol–water partition coefficient (Wildman–Crippen LogP) is 2.40. The first kappa shape index (κ1) is 12.3. The van der Waals surface area contributed by atoms with Gasteiger partial charge in [-0.05, 0) is 31.5 Å². The molecule has 1 aliphatic rings. The molecule has 0 aliphatic carbocycles. The van der Waals surface area contributed by atoms with Crippen molar-refractivity contribution in [2.45, 2.75) is 19.4 Å². The highest BCUT2D eigenvalue weighted by Gasteiger charge is 2.25. The fraction of sp³-hybridized carbons (Fsp3) is 0.538. The van der Waals surface area contributed by atoms with Crippen LogP contribution in [0.3, 0.4) is 0 Å². The van der Waals surface area contributed by atoms with E-state index in [4.69, 9.17) is 0 Å². The second-order valence-electron chi connectivity index (χ2n) is 4.83. The number of hydrogen-bond donors (Lipinski definition) is 1. The van der Waals surface area contributed by atoms with Crippen molar-refractivity contribution in [1.29, 1.82) is 0 Å². The van der Waals surface area contributed by atoms with Crippen LogP contribution in [-0.4, -0.2) is 26.2 Å². The van der Waals surface area contributed by atoms with E-state index in [1.165, 1.54) is 12.1 Å². The van der Waals surface area contributed by atoms with Crippen molar-refractivity contribution in [1.82, 2.24) is 5.32 Å². The first-order valence-electron chi connectivity index (χ1n) is 5.97. The summed E-state index contributed by atoms with van der Waals surface area (Å²) in [6.07, 6.45) is 1.07. The number of hydrogen-bond acceptors (Lipinski definition) is 2. The SMILES string of the molecule is CNC1CC(C)CN(c2cc(F)ccc2F)C1. The van der Waals surface area contributed by atoms with Crippen molar-refractivity contribution in [2.24, 2.45) is 5.92 Å². The first-order chi connectivity index (χ1) is 8.10. The third-order valence-electron chi connectivity index (χ3n) is 3.32. The van der Waals surface area contributed by atoms with Gasteiger partial charge in [-0.2, -0.15) is 0 Å². The quantitative estimate of drug-likeness (QED) is 0.854. The summed E-state index contributed by atoms with van der Waals surface area (Å²) in [7, 11) is 1.91. The van der Waals surface area contributed by atoms with Crippen LogP contribution in [0.5, 0.6) is 0 Å². The molecule has 0 saturated carbocycles. The molecule has 0 bridgehead atoms. The summed E-state index contributed by atoms with van der Waals surface area (Å²) in [6.45, 7) is 3.63. The number of likely N-dealkylation sites (N-methyl/N-ethyl adjacent to an activating group) is 1. The molecule has 2 rings (SSSR count). The van der Waals surface area contributed by atoms with Crippen molar-refractivity contribution in [3.8, 4) is 0 Å². The van der Waals surface area contributed by atoms with E-state index >= 15 is 0 Å². The van der Waals surface area contributed by atoms with E-state index < -0.39 is 0 Å². The van der Waals surface area contributed by atoms with Gasteiger partial charge in [0.25, 0.3) is 0 Å². The molecule has 1 saturated heterocycles. The monoisotopic (exact) mass is 240 g/mol. The van der Waals surface area contributed by atoms with Crippen molar-refractivity contribution in [3.05, 3.63) is 29.8 Å². The first-order valence-corrected chi connectivity index (χ1v) is 5.97. The zero-order chi connectivity index (χ0) is 12.4. The topological polar surface area (TPSA) is 15.3 Å². The lowest BCUT2D eigenvalue weighted by Gasteiger charge is -2.38. The number of halogens is 2. The molecular weight excluding hydrogens is 222 g/mol. The van der Waals surface area contributed by atoms with Gasteiger partial charge in [0.05, 0.1) is 5.69 Å². The molecule has 1 aromatic carbocycles. The van der Waals surface area contributed by atoms with E-state index in [-0.39, 0.29) is 11.6 Å². The average Bonchev–Trinajstić information content (AvgIpc) is 2.31. The van der Waals surface area contributed by atoms with E-state index in [2.05, 4.69) is 12.2 Å². The standard InChI is InChI=1S/C13H18F2N2/c1-9-5-11(16-2)8-17(7-9)13-6-10(14)3-4-12(13)15/h3-4,6,9,11,16H,5,7-8H2,1-2H3. The molecule has 17 heavy (non-hydrogen) atoms. The van der Waals surface area contributed by atoms with Gasteiger partial charge in [-0.15, -0.1) is 0 Å². The van der Waals surface area contributed by atoms with Crippen LogP contribution in [0.25, 0.3) is 0 Å². The smallest absolute Gasteiger partial charge is 0.146 e. The third kappa shape index (κ3) is 2.75. The second kappa shape index (κ2) is 5.00. The van der Waals surface area contributed by atoms with Crippen LogP contribution in [0, 0.1) is 17.6 Å². The molecular formula is C13H18F2N2. The molecule has 2 unspecified atom stereocenters. The van der Waals surface area contributed by atoms with Crippen LogP contribution in [0.1, 0.15) is 13.3 Å². The summed E-state index contributed by atoms with van der Waals surface area (Å²) in [4.78, 5) is 1.92. The molecule has 0 radical (unpaired) electrons. The largest absolute Gasteiger partial charge is 0.367 e. The van der Waals surface area contributed by atoms with E-state index in [0.29, 0.717) is 17.6 Å². The van der Waals surface area contributed by atoms with Gasteiger partial charge in [-0.25, -0.2) is 8.78 Å². The van der Waals surface area contributed by atoms with Crippen LogP contribution in [0.2, 0.25) is 0 Å². The maximum absolute atomic E-state index is 13.7. The Morgan fingerprint density at radius 1 is 1.29 bits per heavy atom. The predicted molar refractivity (Wildman–Crippen MR) is 65.2 cm³/mol. The Morgan fingerprint density at radius 2 is 2.06 bits per heavy atom. The van der Waals surface area contributed by atoms with Gasteiger partial charge in [-0.1, -0.05) is 6.92 Å². The van der Waals surface area contributed by atoms with Crippen LogP contribution in [0.15, 0.2) is 18.2 Å². The highest BCUT2D eigenvalue weighted by molar-refractivity contribution is 5.48. The van der Waals surface area contributed by atoms with Gasteiger partial charge in [0.2, 0.25) is 0 Å². The highest BCUT2D eigenvalue weighted by Crippen LogP contribution is 2.26. The van der Waals surface area contributed by atoms with E-state index in [1.807, 2.05) is 11.9 Å². The van der Waals surface area contributed by atoms with Crippen LogP contribution < -0.4 is 10.2 Å². The molecule has 1 heterocycles. The number of anilines is 1. The number of piperidine rings is 1. The number of benzene rings is 1. The molecule has 2 nitrogen and oxygen atoms in total. The molecule has 1 aromatic rings. The van der Waals surface area contributed by atoms with Gasteiger partial charge in [0.15, 0.2) is 0 Å². The molecule has 0 spiro atoms. The summed E-state index contributed by atoms with van der Waals surface area (Å²) < 4.78 is 26.9.